The largest absolute Gasteiger partial charge is 0.496 e. The fourth-order valence-electron chi connectivity index (χ4n) is 1.53. The number of anilines is 1. The van der Waals surface area contributed by atoms with Crippen molar-refractivity contribution in [2.75, 3.05) is 32.7 Å². The first-order valence-electron chi connectivity index (χ1n) is 6.35. The maximum atomic E-state index is 5.69. The third kappa shape index (κ3) is 5.38. The van der Waals surface area contributed by atoms with Crippen molar-refractivity contribution < 1.29 is 14.2 Å². The van der Waals surface area contributed by atoms with Gasteiger partial charge in [0, 0.05) is 23.9 Å². The van der Waals surface area contributed by atoms with Crippen molar-refractivity contribution in [2.24, 2.45) is 0 Å². The van der Waals surface area contributed by atoms with Crippen molar-refractivity contribution in [2.45, 2.75) is 26.4 Å². The first-order valence-corrected chi connectivity index (χ1v) is 6.35. The molecule has 18 heavy (non-hydrogen) atoms. The Bertz CT molecular complexity index is 342. The molecule has 0 spiro atoms. The van der Waals surface area contributed by atoms with Gasteiger partial charge in [0.1, 0.15) is 5.75 Å². The Morgan fingerprint density at radius 2 is 1.89 bits per heavy atom. The summed E-state index contributed by atoms with van der Waals surface area (Å²) in [6, 6.07) is 5.57. The van der Waals surface area contributed by atoms with Crippen LogP contribution in [0.15, 0.2) is 18.2 Å². The van der Waals surface area contributed by atoms with E-state index in [2.05, 4.69) is 6.92 Å². The highest BCUT2D eigenvalue weighted by Crippen LogP contribution is 2.21. The highest BCUT2D eigenvalue weighted by atomic mass is 16.5. The quantitative estimate of drug-likeness (QED) is 0.543. The minimum atomic E-state index is 0.514. The maximum absolute atomic E-state index is 5.69. The van der Waals surface area contributed by atoms with E-state index in [4.69, 9.17) is 19.9 Å². The van der Waals surface area contributed by atoms with Gasteiger partial charge in [-0.05, 0) is 12.5 Å². The van der Waals surface area contributed by atoms with Gasteiger partial charge in [-0.1, -0.05) is 19.4 Å². The minimum absolute atomic E-state index is 0.514. The Balaban J connectivity index is 2.22. The third-order valence-electron chi connectivity index (χ3n) is 2.58. The average molecular weight is 253 g/mol. The number of hydrogen-bond donors (Lipinski definition) is 1. The van der Waals surface area contributed by atoms with Gasteiger partial charge in [0.25, 0.3) is 0 Å². The Hall–Kier alpha value is -1.26. The molecule has 0 aromatic heterocycles. The van der Waals surface area contributed by atoms with Crippen molar-refractivity contribution in [3.8, 4) is 5.75 Å². The Morgan fingerprint density at radius 3 is 2.61 bits per heavy atom. The van der Waals surface area contributed by atoms with Gasteiger partial charge < -0.3 is 19.9 Å². The van der Waals surface area contributed by atoms with Crippen LogP contribution in [0, 0.1) is 0 Å². The van der Waals surface area contributed by atoms with Crippen LogP contribution in [-0.2, 0) is 16.1 Å². The molecule has 0 unspecified atom stereocenters. The molecule has 0 aliphatic rings. The lowest BCUT2D eigenvalue weighted by Crippen LogP contribution is -2.06. The number of ether oxygens (including phenoxy) is 3. The van der Waals surface area contributed by atoms with Crippen LogP contribution in [0.3, 0.4) is 0 Å². The number of benzene rings is 1. The molecule has 2 N–H and O–H groups in total. The predicted octanol–water partition coefficient (Wildman–Crippen LogP) is 2.61. The molecule has 102 valence electrons. The van der Waals surface area contributed by atoms with E-state index in [-0.39, 0.29) is 0 Å². The Labute approximate surface area is 109 Å². The standard InChI is InChI=1S/C14H23NO3/c1-3-4-7-17-8-9-18-11-12-5-6-13(15)10-14(12)16-2/h5-6,10H,3-4,7-9,11,15H2,1-2H3. The van der Waals surface area contributed by atoms with Crippen molar-refractivity contribution in [3.63, 3.8) is 0 Å². The van der Waals surface area contributed by atoms with E-state index >= 15 is 0 Å². The van der Waals surface area contributed by atoms with Gasteiger partial charge in [-0.3, -0.25) is 0 Å². The SMILES string of the molecule is CCCCOCCOCc1ccc(N)cc1OC. The molecule has 0 saturated carbocycles. The van der Waals surface area contributed by atoms with E-state index in [9.17, 15) is 0 Å². The van der Waals surface area contributed by atoms with Crippen molar-refractivity contribution in [3.05, 3.63) is 23.8 Å². The zero-order valence-corrected chi connectivity index (χ0v) is 11.3. The molecule has 0 saturated heterocycles. The van der Waals surface area contributed by atoms with Gasteiger partial charge in [0.05, 0.1) is 26.9 Å². The smallest absolute Gasteiger partial charge is 0.126 e. The van der Waals surface area contributed by atoms with E-state index in [0.717, 1.165) is 30.8 Å². The fourth-order valence-corrected chi connectivity index (χ4v) is 1.53. The lowest BCUT2D eigenvalue weighted by molar-refractivity contribution is 0.0391. The second-order valence-corrected chi connectivity index (χ2v) is 4.09. The third-order valence-corrected chi connectivity index (χ3v) is 2.58. The maximum Gasteiger partial charge on any atom is 0.126 e. The number of hydrogen-bond acceptors (Lipinski definition) is 4. The van der Waals surface area contributed by atoms with Crippen LogP contribution >= 0.6 is 0 Å². The zero-order valence-electron chi connectivity index (χ0n) is 11.3. The fraction of sp³-hybridized carbons (Fsp3) is 0.571. The van der Waals surface area contributed by atoms with Crippen LogP contribution in [0.25, 0.3) is 0 Å². The van der Waals surface area contributed by atoms with Gasteiger partial charge in [0.2, 0.25) is 0 Å². The Morgan fingerprint density at radius 1 is 1.11 bits per heavy atom. The van der Waals surface area contributed by atoms with Crippen molar-refractivity contribution >= 4 is 5.69 Å². The summed E-state index contributed by atoms with van der Waals surface area (Å²) < 4.78 is 16.2. The summed E-state index contributed by atoms with van der Waals surface area (Å²) in [5.41, 5.74) is 7.38. The first-order chi connectivity index (χ1) is 8.77. The van der Waals surface area contributed by atoms with E-state index in [1.165, 1.54) is 0 Å². The molecule has 4 nitrogen and oxygen atoms in total. The number of nitrogen functional groups attached to an aromatic ring is 1. The van der Waals surface area contributed by atoms with E-state index in [1.54, 1.807) is 13.2 Å². The number of unbranched alkanes of at least 4 members (excludes halogenated alkanes) is 1. The summed E-state index contributed by atoms with van der Waals surface area (Å²) in [6.45, 7) is 4.70. The monoisotopic (exact) mass is 253 g/mol. The van der Waals surface area contributed by atoms with E-state index < -0.39 is 0 Å². The normalized spacial score (nSPS) is 10.6. The molecule has 4 heteroatoms. The molecule has 0 amide bonds. The van der Waals surface area contributed by atoms with Gasteiger partial charge >= 0.3 is 0 Å². The van der Waals surface area contributed by atoms with E-state index in [1.807, 2.05) is 12.1 Å². The summed E-state index contributed by atoms with van der Waals surface area (Å²) in [5.74, 6) is 0.766. The topological polar surface area (TPSA) is 53.7 Å². The molecule has 1 rings (SSSR count). The lowest BCUT2D eigenvalue weighted by Gasteiger charge is -2.10. The van der Waals surface area contributed by atoms with Crippen LogP contribution in [0.4, 0.5) is 5.69 Å². The molecule has 1 aromatic rings. The molecule has 0 aliphatic heterocycles. The second-order valence-electron chi connectivity index (χ2n) is 4.09. The highest BCUT2D eigenvalue weighted by molar-refractivity contribution is 5.48. The molecule has 1 aromatic carbocycles. The van der Waals surface area contributed by atoms with Gasteiger partial charge in [-0.15, -0.1) is 0 Å². The summed E-state index contributed by atoms with van der Waals surface area (Å²) in [4.78, 5) is 0. The highest BCUT2D eigenvalue weighted by Gasteiger charge is 2.03. The molecule has 0 radical (unpaired) electrons. The predicted molar refractivity (Wildman–Crippen MR) is 72.8 cm³/mol. The van der Waals surface area contributed by atoms with E-state index in [0.29, 0.717) is 25.5 Å². The minimum Gasteiger partial charge on any atom is -0.496 e. The summed E-state index contributed by atoms with van der Waals surface area (Å²) in [7, 11) is 1.63. The number of methoxy groups -OCH3 is 1. The molecule has 0 aliphatic carbocycles. The summed E-state index contributed by atoms with van der Waals surface area (Å²) in [6.07, 6.45) is 2.26. The van der Waals surface area contributed by atoms with Gasteiger partial charge in [-0.2, -0.15) is 0 Å². The van der Waals surface area contributed by atoms with Crippen molar-refractivity contribution in [1.29, 1.82) is 0 Å². The van der Waals surface area contributed by atoms with Crippen molar-refractivity contribution in [1.82, 2.24) is 0 Å². The van der Waals surface area contributed by atoms with Gasteiger partial charge in [-0.25, -0.2) is 0 Å². The van der Waals surface area contributed by atoms with Crippen LogP contribution in [0.2, 0.25) is 0 Å². The summed E-state index contributed by atoms with van der Waals surface area (Å²) >= 11 is 0. The number of nitrogens with two attached hydrogens (primary N) is 1. The van der Waals surface area contributed by atoms with Crippen LogP contribution in [-0.4, -0.2) is 26.9 Å². The van der Waals surface area contributed by atoms with Crippen LogP contribution in [0.1, 0.15) is 25.3 Å². The molecule has 0 bridgehead atoms. The summed E-state index contributed by atoms with van der Waals surface area (Å²) in [5, 5.41) is 0. The number of rotatable bonds is 9. The molecular weight excluding hydrogens is 230 g/mol. The lowest BCUT2D eigenvalue weighted by atomic mass is 10.2. The first kappa shape index (κ1) is 14.8. The molecule has 0 fully saturated rings. The average Bonchev–Trinajstić information content (AvgIpc) is 2.39. The van der Waals surface area contributed by atoms with Gasteiger partial charge in [0.15, 0.2) is 0 Å². The molecule has 0 atom stereocenters. The Kier molecular flexibility index (Phi) is 7.22. The van der Waals surface area contributed by atoms with Crippen LogP contribution < -0.4 is 10.5 Å². The second kappa shape index (κ2) is 8.78. The molecular formula is C14H23NO3. The zero-order chi connectivity index (χ0) is 13.2. The molecule has 0 heterocycles. The van der Waals surface area contributed by atoms with Crippen LogP contribution in [0.5, 0.6) is 5.75 Å².